The second-order valence-electron chi connectivity index (χ2n) is 10.9. The van der Waals surface area contributed by atoms with E-state index in [2.05, 4.69) is 14.4 Å². The van der Waals surface area contributed by atoms with Gasteiger partial charge in [-0.2, -0.15) is 14.4 Å². The maximum atomic E-state index is 12.8. The molecule has 0 aromatic heterocycles. The molecule has 3 aliphatic rings. The van der Waals surface area contributed by atoms with Gasteiger partial charge in [0.25, 0.3) is 0 Å². The predicted octanol–water partition coefficient (Wildman–Crippen LogP) is -1.33. The predicted molar refractivity (Wildman–Crippen MR) is 140 cm³/mol. The van der Waals surface area contributed by atoms with Crippen molar-refractivity contribution in [2.75, 3.05) is 19.8 Å². The fraction of sp³-hybridized carbons (Fsp3) is 0.556. The van der Waals surface area contributed by atoms with Crippen molar-refractivity contribution in [3.8, 4) is 0 Å². The number of Topliss-reactive ketones (excluding diaryl/α,β-unsaturated/α-hetero) is 6. The lowest BCUT2D eigenvalue weighted by molar-refractivity contribution is -0.170. The summed E-state index contributed by atoms with van der Waals surface area (Å²) in [5, 5.41) is 0. The summed E-state index contributed by atoms with van der Waals surface area (Å²) in [7, 11) is 0. The van der Waals surface area contributed by atoms with Crippen LogP contribution in [0.15, 0.2) is 0 Å². The van der Waals surface area contributed by atoms with E-state index < -0.39 is 151 Å². The largest absolute Gasteiger partial charge is 0.465 e. The molecule has 18 heteroatoms. The number of nitrogens with zero attached hydrogens (tertiary/aromatic N) is 6. The first-order chi connectivity index (χ1) is 21.3. The molecule has 0 amide bonds. The van der Waals surface area contributed by atoms with Crippen LogP contribution in [0.4, 0.5) is 0 Å². The van der Waals surface area contributed by atoms with Crippen molar-refractivity contribution in [2.24, 2.45) is 23.2 Å². The molecule has 236 valence electrons. The molecule has 0 bridgehead atoms. The maximum absolute atomic E-state index is 12.8. The van der Waals surface area contributed by atoms with Crippen molar-refractivity contribution in [3.63, 3.8) is 0 Å². The average Bonchev–Trinajstić information content (AvgIpc) is 2.99. The molecular weight excluding hydrogens is 600 g/mol. The van der Waals surface area contributed by atoms with Crippen LogP contribution in [0.1, 0.15) is 51.9 Å². The lowest BCUT2D eigenvalue weighted by Crippen LogP contribution is -2.44. The van der Waals surface area contributed by atoms with Gasteiger partial charge in [0.2, 0.25) is 34.7 Å². The number of hydrogen-bond donors (Lipinski definition) is 0. The molecule has 0 radical (unpaired) electrons. The van der Waals surface area contributed by atoms with Crippen LogP contribution in [-0.4, -0.2) is 104 Å². The van der Waals surface area contributed by atoms with E-state index in [1.54, 1.807) is 6.92 Å². The zero-order chi connectivity index (χ0) is 33.5. The number of ketones is 6. The highest BCUT2D eigenvalue weighted by Crippen LogP contribution is 2.29. The van der Waals surface area contributed by atoms with Gasteiger partial charge in [0.05, 0.1) is 23.2 Å². The molecule has 0 aromatic rings. The van der Waals surface area contributed by atoms with Crippen LogP contribution in [0, 0.1) is 23.2 Å². The summed E-state index contributed by atoms with van der Waals surface area (Å²) in [5.74, 6) is -11.9. The Morgan fingerprint density at radius 1 is 0.556 bits per heavy atom. The van der Waals surface area contributed by atoms with Gasteiger partial charge in [0.15, 0.2) is 0 Å². The summed E-state index contributed by atoms with van der Waals surface area (Å²) in [5.41, 5.74) is 23.0. The standard InChI is InChI=1S/C27H26N6O12/c1-2-27(9-43-24(40)12-3-15(34)21(31-28)16(35)4-12,10-44-25(41)13-5-17(36)22(32-29)18(37)6-13)11-45-26(42)14-7-19(38)23(33-30)20(39)8-14/h12-14H,2-11H2,1H3. The summed E-state index contributed by atoms with van der Waals surface area (Å²) in [6.07, 6.45) is -2.91. The maximum Gasteiger partial charge on any atom is 0.400 e. The van der Waals surface area contributed by atoms with Crippen LogP contribution in [0.5, 0.6) is 0 Å². The van der Waals surface area contributed by atoms with Gasteiger partial charge in [-0.1, -0.05) is 6.92 Å². The Morgan fingerprint density at radius 3 is 0.956 bits per heavy atom. The van der Waals surface area contributed by atoms with E-state index in [1.165, 1.54) is 0 Å². The van der Waals surface area contributed by atoms with Crippen LogP contribution in [0.25, 0.3) is 16.6 Å². The number of hydrogen-bond acceptors (Lipinski definition) is 12. The van der Waals surface area contributed by atoms with E-state index in [1.807, 2.05) is 0 Å². The first-order valence-corrected chi connectivity index (χ1v) is 13.6. The summed E-state index contributed by atoms with van der Waals surface area (Å²) in [4.78, 5) is 119. The quantitative estimate of drug-likeness (QED) is 0.118. The fourth-order valence-electron chi connectivity index (χ4n) is 4.90. The first-order valence-electron chi connectivity index (χ1n) is 13.6. The SMILES string of the molecule is CCC(COC(=O)C1CC(=O)C(=[N+]=[N-])C(=O)C1)(COC(=O)C1CC(=O)C(=[N+]=[N-])C(=O)C1)COC(=O)C1CC(=O)C(=[N+]=[N-])C(=O)C1. The van der Waals surface area contributed by atoms with E-state index in [-0.39, 0.29) is 6.42 Å². The molecule has 3 saturated carbocycles. The monoisotopic (exact) mass is 626 g/mol. The Kier molecular flexibility index (Phi) is 10.9. The Hall–Kier alpha value is -5.43. The van der Waals surface area contributed by atoms with Crippen molar-refractivity contribution in [2.45, 2.75) is 51.9 Å². The first kappa shape index (κ1) is 34.1. The number of carbonyl (C=O) groups excluding carboxylic acids is 9. The highest BCUT2D eigenvalue weighted by atomic mass is 16.6. The van der Waals surface area contributed by atoms with E-state index in [9.17, 15) is 43.2 Å². The minimum absolute atomic E-state index is 0.0123. The van der Waals surface area contributed by atoms with Gasteiger partial charge in [-0.25, -0.2) is 0 Å². The minimum Gasteiger partial charge on any atom is -0.465 e. The molecule has 0 aliphatic heterocycles. The third-order valence-electron chi connectivity index (χ3n) is 7.79. The zero-order valence-corrected chi connectivity index (χ0v) is 23.9. The summed E-state index contributed by atoms with van der Waals surface area (Å²) in [6, 6.07) is 0. The molecule has 0 heterocycles. The van der Waals surface area contributed by atoms with E-state index in [4.69, 9.17) is 30.8 Å². The lowest BCUT2D eigenvalue weighted by atomic mass is 9.84. The van der Waals surface area contributed by atoms with Crippen molar-refractivity contribution in [1.29, 1.82) is 0 Å². The molecular formula is C27H26N6O12. The topological polar surface area (TPSA) is 291 Å². The van der Waals surface area contributed by atoms with Crippen LogP contribution in [-0.2, 0) is 57.4 Å². The van der Waals surface area contributed by atoms with Crippen molar-refractivity contribution in [3.05, 3.63) is 16.6 Å². The van der Waals surface area contributed by atoms with Gasteiger partial charge in [-0.15, -0.1) is 0 Å². The van der Waals surface area contributed by atoms with Gasteiger partial charge >= 0.3 is 35.0 Å². The Bertz CT molecular complexity index is 1320. The number of esters is 3. The van der Waals surface area contributed by atoms with Crippen LogP contribution >= 0.6 is 0 Å². The lowest BCUT2D eigenvalue weighted by Gasteiger charge is -2.33. The van der Waals surface area contributed by atoms with Crippen molar-refractivity contribution < 1.29 is 71.7 Å². The molecule has 0 spiro atoms. The van der Waals surface area contributed by atoms with Crippen molar-refractivity contribution >= 4 is 69.7 Å². The second kappa shape index (κ2) is 14.4. The van der Waals surface area contributed by atoms with Gasteiger partial charge in [-0.05, 0) is 6.42 Å². The van der Waals surface area contributed by atoms with Crippen molar-refractivity contribution in [1.82, 2.24) is 0 Å². The van der Waals surface area contributed by atoms with Gasteiger partial charge in [0, 0.05) is 38.5 Å². The molecule has 45 heavy (non-hydrogen) atoms. The Balaban J connectivity index is 1.75. The molecule has 0 unspecified atom stereocenters. The fourth-order valence-corrected chi connectivity index (χ4v) is 4.90. The molecule has 18 nitrogen and oxygen atoms in total. The van der Waals surface area contributed by atoms with E-state index >= 15 is 0 Å². The summed E-state index contributed by atoms with van der Waals surface area (Å²) >= 11 is 0. The number of carbonyl (C=O) groups is 9. The van der Waals surface area contributed by atoms with Crippen LogP contribution < -0.4 is 0 Å². The number of rotatable bonds is 10. The normalized spacial score (nSPS) is 23.4. The highest BCUT2D eigenvalue weighted by Gasteiger charge is 2.46. The van der Waals surface area contributed by atoms with Gasteiger partial charge < -0.3 is 30.8 Å². The molecule has 3 rings (SSSR count). The minimum atomic E-state index is -1.47. The highest BCUT2D eigenvalue weighted by molar-refractivity contribution is 6.66. The molecule has 3 aliphatic carbocycles. The third-order valence-corrected chi connectivity index (χ3v) is 7.79. The zero-order valence-electron chi connectivity index (χ0n) is 23.9. The summed E-state index contributed by atoms with van der Waals surface area (Å²) in [6.45, 7) is -0.203. The second-order valence-corrected chi connectivity index (χ2v) is 10.9. The van der Waals surface area contributed by atoms with E-state index in [0.29, 0.717) is 0 Å². The molecule has 0 atom stereocenters. The smallest absolute Gasteiger partial charge is 0.400 e. The average molecular weight is 627 g/mol. The number of ether oxygens (including phenoxy) is 3. The van der Waals surface area contributed by atoms with E-state index in [0.717, 1.165) is 0 Å². The molecule has 3 fully saturated rings. The molecule has 0 saturated heterocycles. The third kappa shape index (κ3) is 7.75. The summed E-state index contributed by atoms with van der Waals surface area (Å²) < 4.78 is 16.1. The molecule has 0 aromatic carbocycles. The van der Waals surface area contributed by atoms with Gasteiger partial charge in [-0.3, -0.25) is 43.2 Å². The Morgan fingerprint density at radius 2 is 0.778 bits per heavy atom. The Labute approximate surface area is 253 Å². The van der Waals surface area contributed by atoms with Gasteiger partial charge in [0.1, 0.15) is 19.8 Å². The van der Waals surface area contributed by atoms with Crippen LogP contribution in [0.3, 0.4) is 0 Å². The molecule has 0 N–H and O–H groups in total. The van der Waals surface area contributed by atoms with Crippen LogP contribution in [0.2, 0.25) is 0 Å².